The quantitative estimate of drug-likeness (QED) is 0.836. The van der Waals surface area contributed by atoms with Crippen LogP contribution in [0.5, 0.6) is 0 Å². The number of benzene rings is 1. The predicted octanol–water partition coefficient (Wildman–Crippen LogP) is 1.57. The van der Waals surface area contributed by atoms with Crippen LogP contribution in [0.3, 0.4) is 0 Å². The summed E-state index contributed by atoms with van der Waals surface area (Å²) >= 11 is 0. The van der Waals surface area contributed by atoms with Gasteiger partial charge in [-0.2, -0.15) is 0 Å². The average Bonchev–Trinajstić information content (AvgIpc) is 3.06. The van der Waals surface area contributed by atoms with Crippen molar-refractivity contribution in [1.29, 1.82) is 0 Å². The smallest absolute Gasteiger partial charge is 0.253 e. The Morgan fingerprint density at radius 1 is 1.36 bits per heavy atom. The Labute approximate surface area is 130 Å². The summed E-state index contributed by atoms with van der Waals surface area (Å²) in [6.45, 7) is 2.92. The molecule has 2 N–H and O–H groups in total. The Balaban J connectivity index is 1.81. The zero-order chi connectivity index (χ0) is 15.9. The third-order valence-corrected chi connectivity index (χ3v) is 3.57. The molecule has 0 spiro atoms. The molecule has 1 saturated heterocycles. The molecule has 2 atom stereocenters. The lowest BCUT2D eigenvalue weighted by molar-refractivity contribution is -0.128. The molecule has 0 aromatic heterocycles. The fourth-order valence-electron chi connectivity index (χ4n) is 2.20. The van der Waals surface area contributed by atoms with Gasteiger partial charge in [0.15, 0.2) is 0 Å². The molecule has 6 nitrogen and oxygen atoms in total. The maximum atomic E-state index is 12.0. The molecule has 2 amide bonds. The van der Waals surface area contributed by atoms with E-state index in [2.05, 4.69) is 10.6 Å². The zero-order valence-electron chi connectivity index (χ0n) is 12.9. The molecule has 0 saturated carbocycles. The minimum Gasteiger partial charge on any atom is -0.376 e. The van der Waals surface area contributed by atoms with Crippen LogP contribution < -0.4 is 10.6 Å². The minimum atomic E-state index is -0.553. The van der Waals surface area contributed by atoms with Crippen molar-refractivity contribution in [1.82, 2.24) is 5.32 Å². The van der Waals surface area contributed by atoms with Gasteiger partial charge in [0, 0.05) is 24.9 Å². The Morgan fingerprint density at radius 2 is 2.09 bits per heavy atom. The van der Waals surface area contributed by atoms with Gasteiger partial charge in [-0.05, 0) is 44.0 Å². The second-order valence-electron chi connectivity index (χ2n) is 5.26. The van der Waals surface area contributed by atoms with E-state index in [1.54, 1.807) is 38.2 Å². The predicted molar refractivity (Wildman–Crippen MR) is 82.8 cm³/mol. The zero-order valence-corrected chi connectivity index (χ0v) is 12.9. The Kier molecular flexibility index (Phi) is 5.91. The molecule has 2 rings (SSSR count). The molecule has 6 heteroatoms. The van der Waals surface area contributed by atoms with Crippen LogP contribution in [0, 0.1) is 0 Å². The lowest BCUT2D eigenvalue weighted by Gasteiger charge is -2.16. The molecular formula is C16H22N2O4. The van der Waals surface area contributed by atoms with Crippen LogP contribution in [-0.2, 0) is 14.3 Å². The van der Waals surface area contributed by atoms with Crippen LogP contribution in [0.4, 0.5) is 5.69 Å². The van der Waals surface area contributed by atoms with Gasteiger partial charge < -0.3 is 20.1 Å². The molecule has 0 bridgehead atoms. The maximum absolute atomic E-state index is 12.0. The summed E-state index contributed by atoms with van der Waals surface area (Å²) in [6, 6.07) is 6.70. The molecule has 1 aromatic rings. The first-order chi connectivity index (χ1) is 10.6. The SMILES string of the molecule is CNC(=O)c1ccc(NC(=O)[C@@H](C)OC[C@@H]2CCCO2)cc1. The van der Waals surface area contributed by atoms with E-state index in [0.717, 1.165) is 19.4 Å². The Bertz CT molecular complexity index is 509. The third-order valence-electron chi connectivity index (χ3n) is 3.57. The van der Waals surface area contributed by atoms with Crippen LogP contribution >= 0.6 is 0 Å². The second-order valence-corrected chi connectivity index (χ2v) is 5.26. The highest BCUT2D eigenvalue weighted by Gasteiger charge is 2.20. The number of carbonyl (C=O) groups is 2. The summed E-state index contributed by atoms with van der Waals surface area (Å²) in [7, 11) is 1.57. The average molecular weight is 306 g/mol. The summed E-state index contributed by atoms with van der Waals surface area (Å²) in [5.41, 5.74) is 1.17. The van der Waals surface area contributed by atoms with E-state index >= 15 is 0 Å². The number of ether oxygens (including phenoxy) is 2. The third kappa shape index (κ3) is 4.54. The van der Waals surface area contributed by atoms with Crippen molar-refractivity contribution in [3.8, 4) is 0 Å². The van der Waals surface area contributed by atoms with Crippen LogP contribution in [0.1, 0.15) is 30.1 Å². The number of rotatable bonds is 6. The molecule has 1 heterocycles. The van der Waals surface area contributed by atoms with E-state index in [9.17, 15) is 9.59 Å². The van der Waals surface area contributed by atoms with Crippen molar-refractivity contribution in [2.75, 3.05) is 25.6 Å². The number of nitrogens with one attached hydrogen (secondary N) is 2. The van der Waals surface area contributed by atoms with Crippen molar-refractivity contribution in [2.45, 2.75) is 32.0 Å². The Morgan fingerprint density at radius 3 is 2.68 bits per heavy atom. The maximum Gasteiger partial charge on any atom is 0.253 e. The van der Waals surface area contributed by atoms with Crippen LogP contribution in [0.2, 0.25) is 0 Å². The van der Waals surface area contributed by atoms with Gasteiger partial charge in [-0.3, -0.25) is 9.59 Å². The lowest BCUT2D eigenvalue weighted by atomic mass is 10.2. The van der Waals surface area contributed by atoms with Crippen molar-refractivity contribution >= 4 is 17.5 Å². The first-order valence-electron chi connectivity index (χ1n) is 7.46. The lowest BCUT2D eigenvalue weighted by Crippen LogP contribution is -2.30. The van der Waals surface area contributed by atoms with Crippen LogP contribution in [0.25, 0.3) is 0 Å². The van der Waals surface area contributed by atoms with Gasteiger partial charge >= 0.3 is 0 Å². The van der Waals surface area contributed by atoms with Gasteiger partial charge in [0.2, 0.25) is 0 Å². The number of anilines is 1. The van der Waals surface area contributed by atoms with Crippen molar-refractivity contribution < 1.29 is 19.1 Å². The fraction of sp³-hybridized carbons (Fsp3) is 0.500. The van der Waals surface area contributed by atoms with Gasteiger partial charge in [-0.15, -0.1) is 0 Å². The summed E-state index contributed by atoms with van der Waals surface area (Å²) in [5.74, 6) is -0.378. The van der Waals surface area contributed by atoms with Crippen molar-refractivity contribution in [3.63, 3.8) is 0 Å². The summed E-state index contributed by atoms with van der Waals surface area (Å²) in [5, 5.41) is 5.31. The normalized spacial score (nSPS) is 18.7. The number of amides is 2. The monoisotopic (exact) mass is 306 g/mol. The molecule has 0 unspecified atom stereocenters. The van der Waals surface area contributed by atoms with E-state index in [4.69, 9.17) is 9.47 Å². The van der Waals surface area contributed by atoms with Crippen LogP contribution in [0.15, 0.2) is 24.3 Å². The van der Waals surface area contributed by atoms with E-state index in [1.807, 2.05) is 0 Å². The van der Waals surface area contributed by atoms with Crippen LogP contribution in [-0.4, -0.2) is 44.3 Å². The highest BCUT2D eigenvalue weighted by Crippen LogP contribution is 2.14. The molecule has 1 aromatic carbocycles. The molecule has 0 aliphatic carbocycles. The highest BCUT2D eigenvalue weighted by atomic mass is 16.5. The number of hydrogen-bond donors (Lipinski definition) is 2. The first-order valence-corrected chi connectivity index (χ1v) is 7.46. The van der Waals surface area contributed by atoms with Gasteiger partial charge in [0.25, 0.3) is 11.8 Å². The minimum absolute atomic E-state index is 0.0992. The summed E-state index contributed by atoms with van der Waals surface area (Å²) in [4.78, 5) is 23.5. The highest BCUT2D eigenvalue weighted by molar-refractivity contribution is 5.96. The largest absolute Gasteiger partial charge is 0.376 e. The molecule has 1 aliphatic heterocycles. The van der Waals surface area contributed by atoms with Gasteiger partial charge in [0.1, 0.15) is 6.10 Å². The summed E-state index contributed by atoms with van der Waals surface area (Å²) < 4.78 is 11.0. The molecule has 1 fully saturated rings. The standard InChI is InChI=1S/C16H22N2O4/c1-11(22-10-14-4-3-9-21-14)15(19)18-13-7-5-12(6-8-13)16(20)17-2/h5-8,11,14H,3-4,9-10H2,1-2H3,(H,17,20)(H,18,19)/t11-,14+/m1/s1. The van der Waals surface area contributed by atoms with Gasteiger partial charge in [-0.1, -0.05) is 0 Å². The molecule has 0 radical (unpaired) electrons. The van der Waals surface area contributed by atoms with E-state index in [-0.39, 0.29) is 17.9 Å². The second kappa shape index (κ2) is 7.91. The first kappa shape index (κ1) is 16.5. The fourth-order valence-corrected chi connectivity index (χ4v) is 2.20. The topological polar surface area (TPSA) is 76.7 Å². The van der Waals surface area contributed by atoms with E-state index in [0.29, 0.717) is 17.9 Å². The van der Waals surface area contributed by atoms with Gasteiger partial charge in [0.05, 0.1) is 12.7 Å². The van der Waals surface area contributed by atoms with Crippen molar-refractivity contribution in [3.05, 3.63) is 29.8 Å². The Hall–Kier alpha value is -1.92. The number of carbonyl (C=O) groups excluding carboxylic acids is 2. The van der Waals surface area contributed by atoms with E-state index in [1.165, 1.54) is 0 Å². The van der Waals surface area contributed by atoms with Gasteiger partial charge in [-0.25, -0.2) is 0 Å². The van der Waals surface area contributed by atoms with E-state index < -0.39 is 6.10 Å². The molecular weight excluding hydrogens is 284 g/mol. The number of hydrogen-bond acceptors (Lipinski definition) is 4. The summed E-state index contributed by atoms with van der Waals surface area (Å²) in [6.07, 6.45) is 1.58. The molecule has 120 valence electrons. The molecule has 22 heavy (non-hydrogen) atoms. The van der Waals surface area contributed by atoms with Crippen molar-refractivity contribution in [2.24, 2.45) is 0 Å². The molecule has 1 aliphatic rings.